The molecule has 0 saturated carbocycles. The Balaban J connectivity index is 1.44. The van der Waals surface area contributed by atoms with E-state index in [1.165, 1.54) is 12.1 Å². The van der Waals surface area contributed by atoms with Crippen molar-refractivity contribution in [3.05, 3.63) is 87.1 Å². The normalized spacial score (nSPS) is 13.7. The molecule has 0 amide bonds. The van der Waals surface area contributed by atoms with E-state index in [2.05, 4.69) is 14.6 Å². The molecule has 1 aromatic heterocycles. The van der Waals surface area contributed by atoms with Crippen molar-refractivity contribution in [2.24, 2.45) is 0 Å². The van der Waals surface area contributed by atoms with Gasteiger partial charge in [0.1, 0.15) is 5.75 Å². The van der Waals surface area contributed by atoms with Gasteiger partial charge in [0, 0.05) is 12.2 Å². The number of rotatable bonds is 8. The molecular formula is C24H25F2N3O3S. The largest absolute Gasteiger partial charge is 0.435 e. The summed E-state index contributed by atoms with van der Waals surface area (Å²) in [6, 6.07) is 14.3. The molecule has 1 heterocycles. The molecule has 2 aromatic carbocycles. The van der Waals surface area contributed by atoms with Crippen molar-refractivity contribution in [1.82, 2.24) is 14.5 Å². The van der Waals surface area contributed by atoms with Crippen molar-refractivity contribution in [2.75, 3.05) is 0 Å². The number of aromatic nitrogens is 2. The van der Waals surface area contributed by atoms with E-state index in [0.717, 1.165) is 28.1 Å². The Bertz CT molecular complexity index is 1300. The Morgan fingerprint density at radius 2 is 1.88 bits per heavy atom. The van der Waals surface area contributed by atoms with Crippen LogP contribution in [0.3, 0.4) is 0 Å². The minimum absolute atomic E-state index is 0.0712. The van der Waals surface area contributed by atoms with Crippen molar-refractivity contribution in [3.63, 3.8) is 0 Å². The Hall–Kier alpha value is -3.04. The van der Waals surface area contributed by atoms with Gasteiger partial charge >= 0.3 is 6.61 Å². The Kier molecular flexibility index (Phi) is 6.62. The van der Waals surface area contributed by atoms with E-state index < -0.39 is 16.6 Å². The second-order valence-electron chi connectivity index (χ2n) is 8.08. The Morgan fingerprint density at radius 1 is 1.09 bits per heavy atom. The molecule has 1 N–H and O–H groups in total. The quantitative estimate of drug-likeness (QED) is 0.521. The fourth-order valence-electron chi connectivity index (χ4n) is 3.95. The van der Waals surface area contributed by atoms with Crippen LogP contribution in [0.2, 0.25) is 0 Å². The molecule has 9 heteroatoms. The average molecular weight is 474 g/mol. The van der Waals surface area contributed by atoms with Gasteiger partial charge in [-0.25, -0.2) is 13.1 Å². The van der Waals surface area contributed by atoms with Crippen LogP contribution in [0.4, 0.5) is 8.78 Å². The monoisotopic (exact) mass is 473 g/mol. The van der Waals surface area contributed by atoms with E-state index >= 15 is 0 Å². The smallest absolute Gasteiger partial charge is 0.387 e. The van der Waals surface area contributed by atoms with Crippen molar-refractivity contribution in [3.8, 4) is 5.75 Å². The first-order valence-corrected chi connectivity index (χ1v) is 12.0. The fraction of sp³-hybridized carbons (Fsp3) is 0.292. The van der Waals surface area contributed by atoms with Crippen LogP contribution in [0.1, 0.15) is 40.1 Å². The molecule has 0 bridgehead atoms. The molecule has 33 heavy (non-hydrogen) atoms. The third-order valence-electron chi connectivity index (χ3n) is 5.54. The Morgan fingerprint density at radius 3 is 2.61 bits per heavy atom. The zero-order chi connectivity index (χ0) is 23.6. The van der Waals surface area contributed by atoms with E-state index in [1.807, 2.05) is 48.9 Å². The summed E-state index contributed by atoms with van der Waals surface area (Å²) in [4.78, 5) is 0.274. The van der Waals surface area contributed by atoms with Crippen molar-refractivity contribution < 1.29 is 21.9 Å². The first-order chi connectivity index (χ1) is 15.7. The summed E-state index contributed by atoms with van der Waals surface area (Å²) in [5.41, 5.74) is 5.38. The third-order valence-corrected chi connectivity index (χ3v) is 7.07. The number of hydrogen-bond acceptors (Lipinski definition) is 4. The molecule has 0 atom stereocenters. The lowest BCUT2D eigenvalue weighted by atomic mass is 9.97. The maximum absolute atomic E-state index is 12.9. The van der Waals surface area contributed by atoms with E-state index in [9.17, 15) is 17.2 Å². The highest BCUT2D eigenvalue weighted by Crippen LogP contribution is 2.30. The van der Waals surface area contributed by atoms with Gasteiger partial charge in [-0.15, -0.1) is 0 Å². The minimum Gasteiger partial charge on any atom is -0.435 e. The number of sulfonamides is 1. The van der Waals surface area contributed by atoms with Gasteiger partial charge in [0.2, 0.25) is 10.0 Å². The van der Waals surface area contributed by atoms with Gasteiger partial charge in [-0.3, -0.25) is 4.68 Å². The number of hydrogen-bond donors (Lipinski definition) is 1. The van der Waals surface area contributed by atoms with Crippen LogP contribution >= 0.6 is 0 Å². The molecule has 1 aliphatic carbocycles. The molecule has 1 aliphatic rings. The minimum atomic E-state index is -3.69. The highest BCUT2D eigenvalue weighted by atomic mass is 32.2. The maximum atomic E-state index is 12.9. The molecule has 6 nitrogen and oxygen atoms in total. The van der Waals surface area contributed by atoms with Crippen LogP contribution in [-0.2, 0) is 29.5 Å². The lowest BCUT2D eigenvalue weighted by molar-refractivity contribution is -0.0498. The van der Waals surface area contributed by atoms with Crippen LogP contribution in [0.5, 0.6) is 5.75 Å². The lowest BCUT2D eigenvalue weighted by Crippen LogP contribution is -2.25. The molecule has 3 aromatic rings. The lowest BCUT2D eigenvalue weighted by Gasteiger charge is -2.18. The molecule has 0 aliphatic heterocycles. The van der Waals surface area contributed by atoms with Crippen molar-refractivity contribution >= 4 is 16.1 Å². The summed E-state index contributed by atoms with van der Waals surface area (Å²) in [5, 5.41) is 4.47. The van der Waals surface area contributed by atoms with Gasteiger partial charge in [-0.05, 0) is 73.2 Å². The maximum Gasteiger partial charge on any atom is 0.387 e. The highest BCUT2D eigenvalue weighted by Gasteiger charge is 2.22. The number of nitrogens with zero attached hydrogens (tertiary/aromatic N) is 2. The van der Waals surface area contributed by atoms with Crippen molar-refractivity contribution in [2.45, 2.75) is 46.4 Å². The van der Waals surface area contributed by atoms with Crippen LogP contribution in [0.25, 0.3) is 6.08 Å². The first kappa shape index (κ1) is 23.1. The van der Waals surface area contributed by atoms with Gasteiger partial charge in [0.15, 0.2) is 0 Å². The SMILES string of the molecule is Cc1cc(C)n(Cc2cccc(CNS(=O)(=O)C3=Cc4ccc(OC(F)F)cc4CC3)c2)n1. The zero-order valence-electron chi connectivity index (χ0n) is 18.4. The summed E-state index contributed by atoms with van der Waals surface area (Å²) in [5.74, 6) is 0.0712. The Labute approximate surface area is 191 Å². The zero-order valence-corrected chi connectivity index (χ0v) is 19.2. The van der Waals surface area contributed by atoms with Gasteiger partial charge in [-0.2, -0.15) is 13.9 Å². The van der Waals surface area contributed by atoms with Gasteiger partial charge in [0.05, 0.1) is 17.1 Å². The summed E-state index contributed by atoms with van der Waals surface area (Å²) < 4.78 is 59.6. The summed E-state index contributed by atoms with van der Waals surface area (Å²) in [6.07, 6.45) is 2.31. The standard InChI is InChI=1S/C24H25F2N3O3S/c1-16-10-17(2)29(28-16)15-19-5-3-4-18(11-19)14-27-33(30,31)23-9-7-20-12-22(32-24(25)26)8-6-21(20)13-23/h3-6,8,10-13,24,27H,7,9,14-15H2,1-2H3. The van der Waals surface area contributed by atoms with Gasteiger partial charge < -0.3 is 4.74 Å². The molecular weight excluding hydrogens is 448 g/mol. The van der Waals surface area contributed by atoms with Gasteiger partial charge in [-0.1, -0.05) is 30.3 Å². The van der Waals surface area contributed by atoms with Crippen LogP contribution < -0.4 is 9.46 Å². The topological polar surface area (TPSA) is 73.2 Å². The number of fused-ring (bicyclic) bond motifs is 1. The molecule has 0 unspecified atom stereocenters. The van der Waals surface area contributed by atoms with Crippen LogP contribution in [0, 0.1) is 13.8 Å². The summed E-state index contributed by atoms with van der Waals surface area (Å²) in [7, 11) is -3.69. The molecule has 0 radical (unpaired) electrons. The van der Waals surface area contributed by atoms with Gasteiger partial charge in [0.25, 0.3) is 0 Å². The van der Waals surface area contributed by atoms with Crippen LogP contribution in [-0.4, -0.2) is 24.8 Å². The molecule has 0 fully saturated rings. The van der Waals surface area contributed by atoms with Crippen LogP contribution in [0.15, 0.2) is 53.4 Å². The highest BCUT2D eigenvalue weighted by molar-refractivity contribution is 7.93. The number of allylic oxidation sites excluding steroid dienone is 1. The first-order valence-electron chi connectivity index (χ1n) is 10.6. The third kappa shape index (κ3) is 5.66. The number of halogens is 2. The number of aryl methyl sites for hydroxylation is 3. The van der Waals surface area contributed by atoms with Crippen molar-refractivity contribution in [1.29, 1.82) is 0 Å². The number of ether oxygens (including phenoxy) is 1. The number of alkyl halides is 2. The second-order valence-corrected chi connectivity index (χ2v) is 9.90. The van der Waals surface area contributed by atoms with E-state index in [-0.39, 0.29) is 17.2 Å². The predicted octanol–water partition coefficient (Wildman–Crippen LogP) is 4.56. The van der Waals surface area contributed by atoms with E-state index in [4.69, 9.17) is 0 Å². The number of nitrogens with one attached hydrogen (secondary N) is 1. The molecule has 174 valence electrons. The average Bonchev–Trinajstić information content (AvgIpc) is 3.08. The van der Waals surface area contributed by atoms with E-state index in [0.29, 0.717) is 24.9 Å². The number of benzene rings is 2. The second kappa shape index (κ2) is 9.44. The molecule has 0 saturated heterocycles. The van der Waals surface area contributed by atoms with E-state index in [1.54, 1.807) is 12.1 Å². The summed E-state index contributed by atoms with van der Waals surface area (Å²) >= 11 is 0. The fourth-order valence-corrected chi connectivity index (χ4v) is 5.14. The summed E-state index contributed by atoms with van der Waals surface area (Å²) in [6.45, 7) is 1.83. The molecule has 4 rings (SSSR count). The predicted molar refractivity (Wildman–Crippen MR) is 122 cm³/mol. The molecule has 0 spiro atoms.